The zero-order valence-corrected chi connectivity index (χ0v) is 12.1. The maximum Gasteiger partial charge on any atom is 0.0688 e. The summed E-state index contributed by atoms with van der Waals surface area (Å²) < 4.78 is 2.09. The molecule has 1 aromatic carbocycles. The number of nitrogens with zero attached hydrogens (tertiary/aromatic N) is 2. The number of hydrogen-bond donors (Lipinski definition) is 1. The first-order valence-corrected chi connectivity index (χ1v) is 6.96. The third-order valence-electron chi connectivity index (χ3n) is 4.16. The Hall–Kier alpha value is -1.35. The van der Waals surface area contributed by atoms with Gasteiger partial charge in [0.1, 0.15) is 0 Å². The molecular formula is C16H22N2O. The van der Waals surface area contributed by atoms with Crippen molar-refractivity contribution in [3.8, 4) is 0 Å². The minimum absolute atomic E-state index is 0.147. The molecule has 2 aromatic rings. The summed E-state index contributed by atoms with van der Waals surface area (Å²) in [6, 6.07) is 6.92. The summed E-state index contributed by atoms with van der Waals surface area (Å²) in [6.07, 6.45) is 3.52. The summed E-state index contributed by atoms with van der Waals surface area (Å²) in [7, 11) is 0. The van der Waals surface area contributed by atoms with Crippen LogP contribution in [-0.2, 0) is 5.41 Å². The van der Waals surface area contributed by atoms with Crippen molar-refractivity contribution in [1.29, 1.82) is 0 Å². The second-order valence-electron chi connectivity index (χ2n) is 7.17. The maximum absolute atomic E-state index is 9.90. The lowest BCUT2D eigenvalue weighted by Crippen LogP contribution is -2.42. The molecule has 3 rings (SSSR count). The minimum atomic E-state index is -0.509. The Labute approximate surface area is 114 Å². The molecule has 102 valence electrons. The summed E-state index contributed by atoms with van der Waals surface area (Å²) in [4.78, 5) is 0. The number of aliphatic hydroxyl groups is 1. The second-order valence-corrected chi connectivity index (χ2v) is 7.17. The lowest BCUT2D eigenvalue weighted by atomic mass is 9.77. The maximum atomic E-state index is 9.90. The normalized spacial score (nSPS) is 27.5. The van der Waals surface area contributed by atoms with Crippen LogP contribution in [0.5, 0.6) is 0 Å². The van der Waals surface area contributed by atoms with E-state index in [1.165, 1.54) is 16.5 Å². The number of hydrogen-bond acceptors (Lipinski definition) is 2. The molecule has 1 aliphatic rings. The molecular weight excluding hydrogens is 236 g/mol. The van der Waals surface area contributed by atoms with Gasteiger partial charge in [-0.2, -0.15) is 5.10 Å². The van der Waals surface area contributed by atoms with E-state index in [1.807, 2.05) is 13.1 Å². The zero-order valence-electron chi connectivity index (χ0n) is 12.1. The van der Waals surface area contributed by atoms with Gasteiger partial charge in [0.25, 0.3) is 0 Å². The van der Waals surface area contributed by atoms with E-state index in [1.54, 1.807) is 0 Å². The van der Waals surface area contributed by atoms with Gasteiger partial charge in [0.05, 0.1) is 23.4 Å². The van der Waals surface area contributed by atoms with Crippen LogP contribution in [-0.4, -0.2) is 20.5 Å². The number of rotatable bonds is 1. The van der Waals surface area contributed by atoms with E-state index in [-0.39, 0.29) is 5.41 Å². The summed E-state index contributed by atoms with van der Waals surface area (Å²) in [6.45, 7) is 8.57. The molecule has 0 amide bonds. The van der Waals surface area contributed by atoms with Gasteiger partial charge in [-0.3, -0.25) is 4.68 Å². The monoisotopic (exact) mass is 258 g/mol. The van der Waals surface area contributed by atoms with Gasteiger partial charge in [-0.1, -0.05) is 32.9 Å². The minimum Gasteiger partial charge on any atom is -0.390 e. The van der Waals surface area contributed by atoms with Crippen molar-refractivity contribution in [2.24, 2.45) is 0 Å². The Morgan fingerprint density at radius 3 is 2.58 bits per heavy atom. The standard InChI is InChI=1S/C16H22N2O/c1-15(2,3)12-6-5-11-10-17-18(14(11)7-12)13-8-16(4,19)9-13/h5-7,10,13,19H,8-9H2,1-4H3. The molecule has 0 aliphatic heterocycles. The van der Waals surface area contributed by atoms with Crippen LogP contribution in [0.15, 0.2) is 24.4 Å². The van der Waals surface area contributed by atoms with E-state index in [4.69, 9.17) is 0 Å². The van der Waals surface area contributed by atoms with Crippen LogP contribution in [0.1, 0.15) is 52.1 Å². The molecule has 0 bridgehead atoms. The first-order chi connectivity index (χ1) is 8.76. The Morgan fingerprint density at radius 1 is 1.32 bits per heavy atom. The largest absolute Gasteiger partial charge is 0.390 e. The van der Waals surface area contributed by atoms with Gasteiger partial charge in [0.15, 0.2) is 0 Å². The van der Waals surface area contributed by atoms with E-state index in [9.17, 15) is 5.11 Å². The van der Waals surface area contributed by atoms with Crippen LogP contribution in [0.25, 0.3) is 10.9 Å². The average molecular weight is 258 g/mol. The molecule has 19 heavy (non-hydrogen) atoms. The van der Waals surface area contributed by atoms with E-state index < -0.39 is 5.60 Å². The molecule has 0 radical (unpaired) electrons. The highest BCUT2D eigenvalue weighted by Gasteiger charge is 2.40. The Balaban J connectivity index is 2.02. The SMILES string of the molecule is CC1(O)CC(n2ncc3ccc(C(C)(C)C)cc32)C1. The van der Waals surface area contributed by atoms with E-state index >= 15 is 0 Å². The van der Waals surface area contributed by atoms with Crippen molar-refractivity contribution in [3.63, 3.8) is 0 Å². The third kappa shape index (κ3) is 2.16. The van der Waals surface area contributed by atoms with Crippen molar-refractivity contribution in [2.75, 3.05) is 0 Å². The van der Waals surface area contributed by atoms with E-state index in [2.05, 4.69) is 48.8 Å². The zero-order chi connectivity index (χ0) is 13.8. The molecule has 1 fully saturated rings. The molecule has 1 saturated carbocycles. The molecule has 1 aromatic heterocycles. The van der Waals surface area contributed by atoms with Crippen LogP contribution in [0.3, 0.4) is 0 Å². The van der Waals surface area contributed by atoms with E-state index in [0.29, 0.717) is 6.04 Å². The van der Waals surface area contributed by atoms with Crippen molar-refractivity contribution in [1.82, 2.24) is 9.78 Å². The summed E-state index contributed by atoms with van der Waals surface area (Å²) in [5, 5.41) is 15.6. The van der Waals surface area contributed by atoms with Crippen molar-refractivity contribution in [3.05, 3.63) is 30.0 Å². The first-order valence-electron chi connectivity index (χ1n) is 6.96. The van der Waals surface area contributed by atoms with Gasteiger partial charge in [-0.15, -0.1) is 0 Å². The first kappa shape index (κ1) is 12.7. The molecule has 0 unspecified atom stereocenters. The molecule has 1 N–H and O–H groups in total. The average Bonchev–Trinajstić information content (AvgIpc) is 2.66. The smallest absolute Gasteiger partial charge is 0.0688 e. The topological polar surface area (TPSA) is 38.0 Å². The highest BCUT2D eigenvalue weighted by Crippen LogP contribution is 2.42. The fourth-order valence-electron chi connectivity index (χ4n) is 2.92. The van der Waals surface area contributed by atoms with Crippen molar-refractivity contribution >= 4 is 10.9 Å². The highest BCUT2D eigenvalue weighted by molar-refractivity contribution is 5.79. The molecule has 3 nitrogen and oxygen atoms in total. The van der Waals surface area contributed by atoms with Crippen LogP contribution < -0.4 is 0 Å². The van der Waals surface area contributed by atoms with Gasteiger partial charge >= 0.3 is 0 Å². The van der Waals surface area contributed by atoms with Crippen molar-refractivity contribution < 1.29 is 5.11 Å². The van der Waals surface area contributed by atoms with Crippen molar-refractivity contribution in [2.45, 2.75) is 57.6 Å². The summed E-state index contributed by atoms with van der Waals surface area (Å²) >= 11 is 0. The molecule has 3 heteroatoms. The fraction of sp³-hybridized carbons (Fsp3) is 0.562. The van der Waals surface area contributed by atoms with Gasteiger partial charge in [-0.05, 0) is 36.8 Å². The predicted molar refractivity (Wildman–Crippen MR) is 77.3 cm³/mol. The van der Waals surface area contributed by atoms with Gasteiger partial charge in [-0.25, -0.2) is 0 Å². The lowest BCUT2D eigenvalue weighted by Gasteiger charge is -2.41. The second kappa shape index (κ2) is 3.83. The quantitative estimate of drug-likeness (QED) is 0.851. The van der Waals surface area contributed by atoms with E-state index in [0.717, 1.165) is 12.8 Å². The number of fused-ring (bicyclic) bond motifs is 1. The Kier molecular flexibility index (Phi) is 2.55. The molecule has 1 heterocycles. The van der Waals surface area contributed by atoms with Gasteiger partial charge < -0.3 is 5.11 Å². The molecule has 1 aliphatic carbocycles. The Bertz CT molecular complexity index is 611. The summed E-state index contributed by atoms with van der Waals surface area (Å²) in [5.41, 5.74) is 2.15. The number of benzene rings is 1. The molecule has 0 spiro atoms. The van der Waals surface area contributed by atoms with Crippen LogP contribution in [0.2, 0.25) is 0 Å². The fourth-order valence-corrected chi connectivity index (χ4v) is 2.92. The van der Waals surface area contributed by atoms with Gasteiger partial charge in [0, 0.05) is 5.39 Å². The molecule has 0 saturated heterocycles. The predicted octanol–water partition coefficient (Wildman–Crippen LogP) is 3.42. The number of aromatic nitrogens is 2. The van der Waals surface area contributed by atoms with Crippen LogP contribution in [0.4, 0.5) is 0 Å². The van der Waals surface area contributed by atoms with Crippen LogP contribution >= 0.6 is 0 Å². The molecule has 0 atom stereocenters. The lowest BCUT2D eigenvalue weighted by molar-refractivity contribution is -0.0530. The Morgan fingerprint density at radius 2 is 2.00 bits per heavy atom. The van der Waals surface area contributed by atoms with Gasteiger partial charge in [0.2, 0.25) is 0 Å². The van der Waals surface area contributed by atoms with Crippen LogP contribution in [0, 0.1) is 0 Å². The highest BCUT2D eigenvalue weighted by atomic mass is 16.3. The third-order valence-corrected chi connectivity index (χ3v) is 4.16. The summed E-state index contributed by atoms with van der Waals surface area (Å²) in [5.74, 6) is 0.